The van der Waals surface area contributed by atoms with Gasteiger partial charge in [-0.15, -0.1) is 11.3 Å². The first-order chi connectivity index (χ1) is 9.70. The number of hydrogen-bond donors (Lipinski definition) is 2. The molecule has 1 aromatic rings. The Morgan fingerprint density at radius 3 is 2.85 bits per heavy atom. The van der Waals surface area contributed by atoms with Gasteiger partial charge in [0.15, 0.2) is 0 Å². The molecule has 1 amide bonds. The lowest BCUT2D eigenvalue weighted by atomic mass is 10.2. The number of nitrogens with one attached hydrogen (secondary N) is 2. The van der Waals surface area contributed by atoms with Gasteiger partial charge in [0.05, 0.1) is 18.7 Å². The molecule has 1 saturated carbocycles. The van der Waals surface area contributed by atoms with Crippen LogP contribution in [0, 0.1) is 0 Å². The summed E-state index contributed by atoms with van der Waals surface area (Å²) in [5.74, 6) is -0.516. The van der Waals surface area contributed by atoms with Crippen molar-refractivity contribution in [2.24, 2.45) is 0 Å². The number of thiophene rings is 1. The summed E-state index contributed by atoms with van der Waals surface area (Å²) in [5, 5.41) is 8.34. The SMILES string of the molecule is CCOC(=O)c1ccsc1NC(=O)CNC1CCCC1. The first-order valence-electron chi connectivity index (χ1n) is 6.98. The van der Waals surface area contributed by atoms with E-state index in [0.717, 1.165) is 12.8 Å². The molecule has 1 aliphatic rings. The van der Waals surface area contributed by atoms with Crippen molar-refractivity contribution in [2.45, 2.75) is 38.6 Å². The average Bonchev–Trinajstić information content (AvgIpc) is 3.07. The highest BCUT2D eigenvalue weighted by atomic mass is 32.1. The van der Waals surface area contributed by atoms with E-state index in [2.05, 4.69) is 10.6 Å². The van der Waals surface area contributed by atoms with Crippen molar-refractivity contribution in [3.63, 3.8) is 0 Å². The van der Waals surface area contributed by atoms with Gasteiger partial charge in [0.25, 0.3) is 0 Å². The molecule has 1 aliphatic carbocycles. The molecule has 1 aromatic heterocycles. The molecule has 1 heterocycles. The molecule has 0 saturated heterocycles. The standard InChI is InChI=1S/C14H20N2O3S/c1-2-19-14(18)11-7-8-20-13(11)16-12(17)9-15-10-5-3-4-6-10/h7-8,10,15H,2-6,9H2,1H3,(H,16,17). The van der Waals surface area contributed by atoms with Crippen LogP contribution in [-0.2, 0) is 9.53 Å². The fourth-order valence-corrected chi connectivity index (χ4v) is 3.10. The quantitative estimate of drug-likeness (QED) is 0.791. The minimum atomic E-state index is -0.396. The van der Waals surface area contributed by atoms with E-state index >= 15 is 0 Å². The summed E-state index contributed by atoms with van der Waals surface area (Å²) < 4.78 is 4.95. The summed E-state index contributed by atoms with van der Waals surface area (Å²) in [6.07, 6.45) is 4.75. The number of esters is 1. The Balaban J connectivity index is 1.84. The highest BCUT2D eigenvalue weighted by molar-refractivity contribution is 7.14. The summed E-state index contributed by atoms with van der Waals surface area (Å²) >= 11 is 1.33. The van der Waals surface area contributed by atoms with Crippen LogP contribution in [0.4, 0.5) is 5.00 Å². The summed E-state index contributed by atoms with van der Waals surface area (Å²) in [6, 6.07) is 2.12. The second-order valence-corrected chi connectivity index (χ2v) is 5.71. The molecule has 5 nitrogen and oxygen atoms in total. The fraction of sp³-hybridized carbons (Fsp3) is 0.571. The predicted octanol–water partition coefficient (Wildman–Crippen LogP) is 2.40. The maximum atomic E-state index is 11.9. The Kier molecular flexibility index (Phi) is 5.55. The minimum Gasteiger partial charge on any atom is -0.462 e. The fourth-order valence-electron chi connectivity index (χ4n) is 2.31. The zero-order valence-corrected chi connectivity index (χ0v) is 12.4. The maximum Gasteiger partial charge on any atom is 0.341 e. The number of amides is 1. The number of rotatable bonds is 6. The zero-order valence-electron chi connectivity index (χ0n) is 11.6. The summed E-state index contributed by atoms with van der Waals surface area (Å²) in [4.78, 5) is 23.6. The maximum absolute atomic E-state index is 11.9. The average molecular weight is 296 g/mol. The summed E-state index contributed by atoms with van der Waals surface area (Å²) in [5.41, 5.74) is 0.422. The van der Waals surface area contributed by atoms with Crippen molar-refractivity contribution in [1.29, 1.82) is 0 Å². The molecular formula is C14H20N2O3S. The molecule has 0 aliphatic heterocycles. The second kappa shape index (κ2) is 7.40. The molecule has 110 valence electrons. The van der Waals surface area contributed by atoms with Gasteiger partial charge in [-0.05, 0) is 31.2 Å². The number of anilines is 1. The Hall–Kier alpha value is -1.40. The van der Waals surface area contributed by atoms with Crippen molar-refractivity contribution < 1.29 is 14.3 Å². The zero-order chi connectivity index (χ0) is 14.4. The highest BCUT2D eigenvalue weighted by Gasteiger charge is 2.18. The number of carbonyl (C=O) groups is 2. The van der Waals surface area contributed by atoms with E-state index in [1.54, 1.807) is 18.4 Å². The van der Waals surface area contributed by atoms with Crippen LogP contribution < -0.4 is 10.6 Å². The normalized spacial score (nSPS) is 15.2. The van der Waals surface area contributed by atoms with Crippen LogP contribution in [0.5, 0.6) is 0 Å². The Morgan fingerprint density at radius 2 is 2.15 bits per heavy atom. The van der Waals surface area contributed by atoms with E-state index in [-0.39, 0.29) is 12.5 Å². The van der Waals surface area contributed by atoms with Crippen molar-refractivity contribution in [3.05, 3.63) is 17.0 Å². The van der Waals surface area contributed by atoms with Gasteiger partial charge in [0.2, 0.25) is 5.91 Å². The van der Waals surface area contributed by atoms with Gasteiger partial charge in [-0.2, -0.15) is 0 Å². The van der Waals surface area contributed by atoms with Crippen molar-refractivity contribution in [1.82, 2.24) is 5.32 Å². The molecule has 0 spiro atoms. The third kappa shape index (κ3) is 4.05. The van der Waals surface area contributed by atoms with Crippen LogP contribution in [0.15, 0.2) is 11.4 Å². The van der Waals surface area contributed by atoms with Crippen molar-refractivity contribution >= 4 is 28.2 Å². The van der Waals surface area contributed by atoms with Gasteiger partial charge in [0, 0.05) is 6.04 Å². The summed E-state index contributed by atoms with van der Waals surface area (Å²) in [7, 11) is 0. The van der Waals surface area contributed by atoms with E-state index in [1.165, 1.54) is 24.2 Å². The molecule has 0 atom stereocenters. The van der Waals surface area contributed by atoms with Crippen LogP contribution >= 0.6 is 11.3 Å². The molecule has 0 aromatic carbocycles. The second-order valence-electron chi connectivity index (χ2n) is 4.79. The topological polar surface area (TPSA) is 67.4 Å². The van der Waals surface area contributed by atoms with Crippen LogP contribution in [0.1, 0.15) is 43.0 Å². The monoisotopic (exact) mass is 296 g/mol. The molecule has 6 heteroatoms. The van der Waals surface area contributed by atoms with Gasteiger partial charge >= 0.3 is 5.97 Å². The van der Waals surface area contributed by atoms with Crippen LogP contribution in [0.3, 0.4) is 0 Å². The van der Waals surface area contributed by atoms with Crippen LogP contribution in [-0.4, -0.2) is 31.1 Å². The van der Waals surface area contributed by atoms with Gasteiger partial charge in [-0.1, -0.05) is 12.8 Å². The highest BCUT2D eigenvalue weighted by Crippen LogP contribution is 2.24. The van der Waals surface area contributed by atoms with E-state index < -0.39 is 5.97 Å². The smallest absolute Gasteiger partial charge is 0.341 e. The molecule has 20 heavy (non-hydrogen) atoms. The lowest BCUT2D eigenvalue weighted by Gasteiger charge is -2.11. The Morgan fingerprint density at radius 1 is 1.40 bits per heavy atom. The van der Waals surface area contributed by atoms with Gasteiger partial charge in [0.1, 0.15) is 5.00 Å². The van der Waals surface area contributed by atoms with Crippen LogP contribution in [0.2, 0.25) is 0 Å². The van der Waals surface area contributed by atoms with E-state index in [1.807, 2.05) is 0 Å². The van der Waals surface area contributed by atoms with Gasteiger partial charge in [-0.25, -0.2) is 4.79 Å². The molecule has 1 fully saturated rings. The predicted molar refractivity (Wildman–Crippen MR) is 79.2 cm³/mol. The van der Waals surface area contributed by atoms with Crippen LogP contribution in [0.25, 0.3) is 0 Å². The lowest BCUT2D eigenvalue weighted by Crippen LogP contribution is -2.34. The molecule has 0 radical (unpaired) electrons. The molecule has 0 bridgehead atoms. The lowest BCUT2D eigenvalue weighted by molar-refractivity contribution is -0.115. The molecule has 0 unspecified atom stereocenters. The van der Waals surface area contributed by atoms with E-state index in [9.17, 15) is 9.59 Å². The molecule has 2 N–H and O–H groups in total. The van der Waals surface area contributed by atoms with Crippen molar-refractivity contribution in [3.8, 4) is 0 Å². The number of ether oxygens (including phenoxy) is 1. The number of carbonyl (C=O) groups excluding carboxylic acids is 2. The van der Waals surface area contributed by atoms with E-state index in [4.69, 9.17) is 4.74 Å². The Labute approximate surface area is 122 Å². The van der Waals surface area contributed by atoms with E-state index in [0.29, 0.717) is 23.2 Å². The summed E-state index contributed by atoms with van der Waals surface area (Å²) in [6.45, 7) is 2.37. The molecular weight excluding hydrogens is 276 g/mol. The third-order valence-electron chi connectivity index (χ3n) is 3.32. The largest absolute Gasteiger partial charge is 0.462 e. The minimum absolute atomic E-state index is 0.120. The number of hydrogen-bond acceptors (Lipinski definition) is 5. The van der Waals surface area contributed by atoms with Gasteiger partial charge < -0.3 is 15.4 Å². The third-order valence-corrected chi connectivity index (χ3v) is 4.15. The Bertz CT molecular complexity index is 467. The van der Waals surface area contributed by atoms with Crippen molar-refractivity contribution in [2.75, 3.05) is 18.5 Å². The first-order valence-corrected chi connectivity index (χ1v) is 7.86. The first kappa shape index (κ1) is 15.0. The molecule has 2 rings (SSSR count). The van der Waals surface area contributed by atoms with Gasteiger partial charge in [-0.3, -0.25) is 4.79 Å².